The van der Waals surface area contributed by atoms with Gasteiger partial charge in [0.25, 0.3) is 0 Å². The summed E-state index contributed by atoms with van der Waals surface area (Å²) >= 11 is 5.79. The molecule has 3 heteroatoms. The fourth-order valence-corrected chi connectivity index (χ4v) is 1.56. The van der Waals surface area contributed by atoms with Crippen molar-refractivity contribution in [2.24, 2.45) is 0 Å². The Morgan fingerprint density at radius 1 is 1.78 bits per heavy atom. The van der Waals surface area contributed by atoms with Crippen molar-refractivity contribution in [3.05, 3.63) is 16.3 Å². The SMILES string of the molecule is COc1csc(CS)c1. The summed E-state index contributed by atoms with van der Waals surface area (Å²) in [6.45, 7) is 0. The maximum absolute atomic E-state index is 4.97. The first-order chi connectivity index (χ1) is 4.36. The van der Waals surface area contributed by atoms with E-state index in [9.17, 15) is 0 Å². The normalized spacial score (nSPS) is 9.56. The molecule has 1 aromatic rings. The molecule has 0 saturated carbocycles. The molecule has 0 fully saturated rings. The molecule has 1 nitrogen and oxygen atoms in total. The van der Waals surface area contributed by atoms with Crippen molar-refractivity contribution in [3.63, 3.8) is 0 Å². The Labute approximate surface area is 64.1 Å². The van der Waals surface area contributed by atoms with Gasteiger partial charge in [0.05, 0.1) is 7.11 Å². The van der Waals surface area contributed by atoms with Gasteiger partial charge in [-0.2, -0.15) is 12.6 Å². The molecular formula is C6H8OS2. The van der Waals surface area contributed by atoms with E-state index in [-0.39, 0.29) is 0 Å². The molecule has 0 aliphatic heterocycles. The highest BCUT2D eigenvalue weighted by Gasteiger charge is 1.94. The van der Waals surface area contributed by atoms with Crippen LogP contribution in [-0.2, 0) is 5.75 Å². The highest BCUT2D eigenvalue weighted by molar-refractivity contribution is 7.79. The largest absolute Gasteiger partial charge is 0.496 e. The maximum Gasteiger partial charge on any atom is 0.129 e. The lowest BCUT2D eigenvalue weighted by atomic mass is 10.5. The molecule has 0 saturated heterocycles. The predicted octanol–water partition coefficient (Wildman–Crippen LogP) is 2.19. The molecule has 1 rings (SSSR count). The second-order valence-corrected chi connectivity index (χ2v) is 2.92. The van der Waals surface area contributed by atoms with Crippen LogP contribution >= 0.6 is 24.0 Å². The molecule has 0 amide bonds. The van der Waals surface area contributed by atoms with Crippen molar-refractivity contribution in [2.45, 2.75) is 5.75 Å². The quantitative estimate of drug-likeness (QED) is 0.652. The molecule has 0 bridgehead atoms. The van der Waals surface area contributed by atoms with Crippen LogP contribution in [0.3, 0.4) is 0 Å². The van der Waals surface area contributed by atoms with Gasteiger partial charge >= 0.3 is 0 Å². The van der Waals surface area contributed by atoms with Crippen molar-refractivity contribution in [2.75, 3.05) is 7.11 Å². The number of thiol groups is 1. The van der Waals surface area contributed by atoms with Gasteiger partial charge in [0.1, 0.15) is 5.75 Å². The van der Waals surface area contributed by atoms with E-state index >= 15 is 0 Å². The second-order valence-electron chi connectivity index (χ2n) is 1.61. The van der Waals surface area contributed by atoms with E-state index < -0.39 is 0 Å². The average Bonchev–Trinajstić information content (AvgIpc) is 2.34. The van der Waals surface area contributed by atoms with Crippen molar-refractivity contribution in [3.8, 4) is 5.75 Å². The molecule has 0 radical (unpaired) electrons. The van der Waals surface area contributed by atoms with E-state index in [0.717, 1.165) is 11.5 Å². The fraction of sp³-hybridized carbons (Fsp3) is 0.333. The molecule has 50 valence electrons. The number of ether oxygens (including phenoxy) is 1. The van der Waals surface area contributed by atoms with Crippen LogP contribution in [0.15, 0.2) is 11.4 Å². The summed E-state index contributed by atoms with van der Waals surface area (Å²) in [6.07, 6.45) is 0. The minimum Gasteiger partial charge on any atom is -0.496 e. The van der Waals surface area contributed by atoms with E-state index in [1.165, 1.54) is 4.88 Å². The van der Waals surface area contributed by atoms with E-state index in [1.807, 2.05) is 11.4 Å². The Hall–Kier alpha value is -0.150. The van der Waals surface area contributed by atoms with E-state index in [2.05, 4.69) is 12.6 Å². The zero-order chi connectivity index (χ0) is 6.69. The third kappa shape index (κ3) is 1.63. The van der Waals surface area contributed by atoms with Gasteiger partial charge in [-0.15, -0.1) is 11.3 Å². The van der Waals surface area contributed by atoms with Crippen LogP contribution in [0.5, 0.6) is 5.75 Å². The zero-order valence-corrected chi connectivity index (χ0v) is 6.84. The molecule has 0 spiro atoms. The third-order valence-corrected chi connectivity index (χ3v) is 2.49. The minimum absolute atomic E-state index is 0.800. The Morgan fingerprint density at radius 2 is 2.56 bits per heavy atom. The van der Waals surface area contributed by atoms with Crippen LogP contribution in [0, 0.1) is 0 Å². The number of hydrogen-bond donors (Lipinski definition) is 1. The Kier molecular flexibility index (Phi) is 2.42. The molecule has 0 N–H and O–H groups in total. The number of rotatable bonds is 2. The van der Waals surface area contributed by atoms with Gasteiger partial charge < -0.3 is 4.74 Å². The number of methoxy groups -OCH3 is 1. The van der Waals surface area contributed by atoms with Crippen molar-refractivity contribution in [1.82, 2.24) is 0 Å². The summed E-state index contributed by atoms with van der Waals surface area (Å²) < 4.78 is 4.97. The second kappa shape index (κ2) is 3.13. The smallest absolute Gasteiger partial charge is 0.129 e. The van der Waals surface area contributed by atoms with Crippen LogP contribution in [0.1, 0.15) is 4.88 Å². The molecular weight excluding hydrogens is 152 g/mol. The molecule has 0 aliphatic rings. The molecule has 1 aromatic heterocycles. The van der Waals surface area contributed by atoms with Crippen LogP contribution in [0.4, 0.5) is 0 Å². The number of thiophene rings is 1. The molecule has 0 unspecified atom stereocenters. The summed E-state index contributed by atoms with van der Waals surface area (Å²) in [5.74, 6) is 1.73. The van der Waals surface area contributed by atoms with Gasteiger partial charge in [-0.1, -0.05) is 0 Å². The van der Waals surface area contributed by atoms with Gasteiger partial charge in [0.15, 0.2) is 0 Å². The van der Waals surface area contributed by atoms with Crippen LogP contribution in [-0.4, -0.2) is 7.11 Å². The summed E-state index contributed by atoms with van der Waals surface area (Å²) in [7, 11) is 1.67. The maximum atomic E-state index is 4.97. The highest BCUT2D eigenvalue weighted by atomic mass is 32.1. The van der Waals surface area contributed by atoms with Crippen LogP contribution < -0.4 is 4.74 Å². The molecule has 0 aliphatic carbocycles. The first-order valence-electron chi connectivity index (χ1n) is 2.59. The standard InChI is InChI=1S/C6H8OS2/c1-7-5-2-6(3-8)9-4-5/h2,4,8H,3H2,1H3. The minimum atomic E-state index is 0.800. The molecule has 1 heterocycles. The van der Waals surface area contributed by atoms with Gasteiger partial charge in [-0.25, -0.2) is 0 Å². The fourth-order valence-electron chi connectivity index (χ4n) is 0.550. The Morgan fingerprint density at radius 3 is 2.89 bits per heavy atom. The van der Waals surface area contributed by atoms with Gasteiger partial charge in [0.2, 0.25) is 0 Å². The summed E-state index contributed by atoms with van der Waals surface area (Å²) in [5.41, 5.74) is 0. The molecule has 9 heavy (non-hydrogen) atoms. The predicted molar refractivity (Wildman–Crippen MR) is 43.6 cm³/mol. The average molecular weight is 160 g/mol. The zero-order valence-electron chi connectivity index (χ0n) is 5.13. The summed E-state index contributed by atoms with van der Waals surface area (Å²) in [6, 6.07) is 2.00. The van der Waals surface area contributed by atoms with Gasteiger partial charge in [0, 0.05) is 16.0 Å². The molecule has 0 aromatic carbocycles. The van der Waals surface area contributed by atoms with Gasteiger partial charge in [-0.05, 0) is 6.07 Å². The summed E-state index contributed by atoms with van der Waals surface area (Å²) in [5, 5.41) is 1.98. The number of hydrogen-bond acceptors (Lipinski definition) is 3. The lowest BCUT2D eigenvalue weighted by Crippen LogP contribution is -1.76. The monoisotopic (exact) mass is 160 g/mol. The lowest BCUT2D eigenvalue weighted by molar-refractivity contribution is 0.416. The van der Waals surface area contributed by atoms with E-state index in [4.69, 9.17) is 4.74 Å². The van der Waals surface area contributed by atoms with E-state index in [1.54, 1.807) is 18.4 Å². The first-order valence-corrected chi connectivity index (χ1v) is 4.10. The highest BCUT2D eigenvalue weighted by Crippen LogP contribution is 2.21. The van der Waals surface area contributed by atoms with Crippen molar-refractivity contribution >= 4 is 24.0 Å². The molecule has 0 atom stereocenters. The summed E-state index contributed by atoms with van der Waals surface area (Å²) in [4.78, 5) is 1.25. The third-order valence-electron chi connectivity index (χ3n) is 1.02. The van der Waals surface area contributed by atoms with Crippen LogP contribution in [0.2, 0.25) is 0 Å². The van der Waals surface area contributed by atoms with Gasteiger partial charge in [-0.3, -0.25) is 0 Å². The van der Waals surface area contributed by atoms with Crippen LogP contribution in [0.25, 0.3) is 0 Å². The topological polar surface area (TPSA) is 9.23 Å². The Bertz CT molecular complexity index is 164. The first kappa shape index (κ1) is 6.96. The van der Waals surface area contributed by atoms with E-state index in [0.29, 0.717) is 0 Å². The Balaban J connectivity index is 2.74. The lowest BCUT2D eigenvalue weighted by Gasteiger charge is -1.88. The van der Waals surface area contributed by atoms with Crippen molar-refractivity contribution < 1.29 is 4.74 Å². The van der Waals surface area contributed by atoms with Crippen molar-refractivity contribution in [1.29, 1.82) is 0 Å².